The predicted octanol–water partition coefficient (Wildman–Crippen LogP) is 3.05. The van der Waals surface area contributed by atoms with Gasteiger partial charge in [0.25, 0.3) is 0 Å². The van der Waals surface area contributed by atoms with Crippen LogP contribution in [0.3, 0.4) is 0 Å². The molecule has 0 saturated carbocycles. The van der Waals surface area contributed by atoms with Gasteiger partial charge >= 0.3 is 0 Å². The zero-order valence-corrected chi connectivity index (χ0v) is 10.9. The van der Waals surface area contributed by atoms with Gasteiger partial charge < -0.3 is 4.90 Å². The van der Waals surface area contributed by atoms with E-state index < -0.39 is 0 Å². The van der Waals surface area contributed by atoms with E-state index in [4.69, 9.17) is 0 Å². The number of carbonyl (C=O) groups excluding carboxylic acids is 1. The molecule has 1 heterocycles. The zero-order chi connectivity index (χ0) is 12.4. The van der Waals surface area contributed by atoms with Gasteiger partial charge in [-0.25, -0.2) is 0 Å². The van der Waals surface area contributed by atoms with E-state index in [1.165, 1.54) is 5.56 Å². The summed E-state index contributed by atoms with van der Waals surface area (Å²) < 4.78 is 0. The van der Waals surface area contributed by atoms with Crippen LogP contribution in [0, 0.1) is 5.92 Å². The number of rotatable bonds is 2. The minimum atomic E-state index is 0.210. The summed E-state index contributed by atoms with van der Waals surface area (Å²) in [6.07, 6.45) is 1.10. The molecule has 2 unspecified atom stereocenters. The van der Waals surface area contributed by atoms with Crippen LogP contribution in [0.25, 0.3) is 0 Å². The minimum absolute atomic E-state index is 0.210. The zero-order valence-electron chi connectivity index (χ0n) is 10.9. The van der Waals surface area contributed by atoms with Crippen LogP contribution in [-0.4, -0.2) is 23.4 Å². The van der Waals surface area contributed by atoms with Gasteiger partial charge in [0.1, 0.15) is 0 Å². The van der Waals surface area contributed by atoms with Gasteiger partial charge in [-0.2, -0.15) is 0 Å². The second-order valence-electron chi connectivity index (χ2n) is 5.33. The Kier molecular flexibility index (Phi) is 3.51. The van der Waals surface area contributed by atoms with Crippen LogP contribution >= 0.6 is 0 Å². The third-order valence-corrected chi connectivity index (χ3v) is 3.79. The molecule has 0 radical (unpaired) electrons. The number of carbonyl (C=O) groups is 1. The molecule has 1 aliphatic rings. The Morgan fingerprint density at radius 2 is 1.94 bits per heavy atom. The summed E-state index contributed by atoms with van der Waals surface area (Å²) in [6.45, 7) is 6.97. The van der Waals surface area contributed by atoms with E-state index in [0.717, 1.165) is 13.0 Å². The Labute approximate surface area is 104 Å². The van der Waals surface area contributed by atoms with Crippen LogP contribution in [0.1, 0.15) is 38.7 Å². The summed E-state index contributed by atoms with van der Waals surface area (Å²) in [7, 11) is 0. The molecule has 1 fully saturated rings. The first-order valence-corrected chi connectivity index (χ1v) is 6.41. The van der Waals surface area contributed by atoms with Crippen molar-refractivity contribution in [1.29, 1.82) is 0 Å². The van der Waals surface area contributed by atoms with Crippen molar-refractivity contribution in [3.63, 3.8) is 0 Å². The highest BCUT2D eigenvalue weighted by Crippen LogP contribution is 2.34. The molecule has 0 spiro atoms. The molecule has 17 heavy (non-hydrogen) atoms. The van der Waals surface area contributed by atoms with Gasteiger partial charge in [-0.15, -0.1) is 0 Å². The molecule has 2 nitrogen and oxygen atoms in total. The van der Waals surface area contributed by atoms with Crippen LogP contribution in [0.4, 0.5) is 0 Å². The van der Waals surface area contributed by atoms with Gasteiger partial charge in [0.15, 0.2) is 0 Å². The second kappa shape index (κ2) is 4.91. The van der Waals surface area contributed by atoms with Gasteiger partial charge in [-0.1, -0.05) is 44.2 Å². The molecule has 1 amide bonds. The van der Waals surface area contributed by atoms with E-state index in [2.05, 4.69) is 38.1 Å². The summed E-state index contributed by atoms with van der Waals surface area (Å²) in [6, 6.07) is 10.9. The van der Waals surface area contributed by atoms with Crippen molar-refractivity contribution in [2.45, 2.75) is 39.2 Å². The maximum absolute atomic E-state index is 11.7. The molecule has 0 aromatic heterocycles. The molecule has 1 aromatic carbocycles. The first kappa shape index (κ1) is 12.2. The molecule has 0 bridgehead atoms. The third-order valence-electron chi connectivity index (χ3n) is 3.79. The number of hydrogen-bond acceptors (Lipinski definition) is 1. The van der Waals surface area contributed by atoms with Crippen molar-refractivity contribution >= 4 is 5.91 Å². The van der Waals surface area contributed by atoms with Crippen molar-refractivity contribution in [3.05, 3.63) is 35.9 Å². The fourth-order valence-corrected chi connectivity index (χ4v) is 2.83. The van der Waals surface area contributed by atoms with E-state index in [-0.39, 0.29) is 5.91 Å². The van der Waals surface area contributed by atoms with Crippen LogP contribution in [0.15, 0.2) is 30.3 Å². The van der Waals surface area contributed by atoms with Crippen molar-refractivity contribution in [1.82, 2.24) is 4.90 Å². The lowest BCUT2D eigenvalue weighted by Crippen LogP contribution is -2.36. The molecule has 1 saturated heterocycles. The molecule has 1 aliphatic heterocycles. The van der Waals surface area contributed by atoms with E-state index in [0.29, 0.717) is 17.9 Å². The van der Waals surface area contributed by atoms with Crippen molar-refractivity contribution < 1.29 is 4.79 Å². The Morgan fingerprint density at radius 3 is 2.41 bits per heavy atom. The lowest BCUT2D eigenvalue weighted by molar-refractivity contribution is -0.130. The molecule has 1 aromatic rings. The van der Waals surface area contributed by atoms with E-state index in [9.17, 15) is 4.79 Å². The highest BCUT2D eigenvalue weighted by molar-refractivity contribution is 5.74. The van der Waals surface area contributed by atoms with Gasteiger partial charge in [0, 0.05) is 25.4 Å². The summed E-state index contributed by atoms with van der Waals surface area (Å²) in [4.78, 5) is 13.7. The molecular formula is C15H21NO. The number of nitrogens with zero attached hydrogens (tertiary/aromatic N) is 1. The standard InChI is InChI=1S/C15H21NO/c1-11(2)15-9-14(10-16(15)12(3)17)13-7-5-4-6-8-13/h4-8,11,14-15H,9-10H2,1-3H3. The molecule has 0 N–H and O–H groups in total. The number of likely N-dealkylation sites (tertiary alicyclic amines) is 1. The van der Waals surface area contributed by atoms with Crippen LogP contribution in [0.5, 0.6) is 0 Å². The van der Waals surface area contributed by atoms with Crippen molar-refractivity contribution in [3.8, 4) is 0 Å². The highest BCUT2D eigenvalue weighted by Gasteiger charge is 2.35. The first-order chi connectivity index (χ1) is 8.09. The van der Waals surface area contributed by atoms with Gasteiger partial charge in [-0.05, 0) is 17.9 Å². The molecule has 92 valence electrons. The average Bonchev–Trinajstić information content (AvgIpc) is 2.75. The second-order valence-corrected chi connectivity index (χ2v) is 5.33. The normalized spacial score (nSPS) is 24.4. The molecular weight excluding hydrogens is 210 g/mol. The third kappa shape index (κ3) is 2.51. The van der Waals surface area contributed by atoms with Crippen LogP contribution < -0.4 is 0 Å². The summed E-state index contributed by atoms with van der Waals surface area (Å²) >= 11 is 0. The lowest BCUT2D eigenvalue weighted by atomic mass is 9.93. The average molecular weight is 231 g/mol. The summed E-state index contributed by atoms with van der Waals surface area (Å²) in [5.41, 5.74) is 1.36. The maximum atomic E-state index is 11.7. The Morgan fingerprint density at radius 1 is 1.29 bits per heavy atom. The molecule has 2 atom stereocenters. The van der Waals surface area contributed by atoms with Gasteiger partial charge in [-0.3, -0.25) is 4.79 Å². The fourth-order valence-electron chi connectivity index (χ4n) is 2.83. The van der Waals surface area contributed by atoms with Crippen LogP contribution in [0.2, 0.25) is 0 Å². The van der Waals surface area contributed by atoms with Gasteiger partial charge in [0.2, 0.25) is 5.91 Å². The largest absolute Gasteiger partial charge is 0.339 e. The van der Waals surface area contributed by atoms with Crippen molar-refractivity contribution in [2.24, 2.45) is 5.92 Å². The van der Waals surface area contributed by atoms with Gasteiger partial charge in [0.05, 0.1) is 0 Å². The summed E-state index contributed by atoms with van der Waals surface area (Å²) in [5, 5.41) is 0. The Balaban J connectivity index is 2.17. The fraction of sp³-hybridized carbons (Fsp3) is 0.533. The number of benzene rings is 1. The summed E-state index contributed by atoms with van der Waals surface area (Å²) in [5.74, 6) is 1.25. The highest BCUT2D eigenvalue weighted by atomic mass is 16.2. The number of amides is 1. The number of hydrogen-bond donors (Lipinski definition) is 0. The van der Waals surface area contributed by atoms with E-state index in [1.807, 2.05) is 11.0 Å². The maximum Gasteiger partial charge on any atom is 0.219 e. The lowest BCUT2D eigenvalue weighted by Gasteiger charge is -2.26. The quantitative estimate of drug-likeness (QED) is 0.766. The Bertz CT molecular complexity index is 385. The SMILES string of the molecule is CC(=O)N1CC(c2ccccc2)CC1C(C)C. The Hall–Kier alpha value is -1.31. The molecule has 2 heteroatoms. The monoisotopic (exact) mass is 231 g/mol. The van der Waals surface area contributed by atoms with Crippen molar-refractivity contribution in [2.75, 3.05) is 6.54 Å². The minimum Gasteiger partial charge on any atom is -0.339 e. The molecule has 0 aliphatic carbocycles. The van der Waals surface area contributed by atoms with E-state index in [1.54, 1.807) is 6.92 Å². The predicted molar refractivity (Wildman–Crippen MR) is 69.8 cm³/mol. The van der Waals surface area contributed by atoms with E-state index >= 15 is 0 Å². The first-order valence-electron chi connectivity index (χ1n) is 6.41. The topological polar surface area (TPSA) is 20.3 Å². The van der Waals surface area contributed by atoms with Crippen LogP contribution in [-0.2, 0) is 4.79 Å². The smallest absolute Gasteiger partial charge is 0.219 e. The molecule has 2 rings (SSSR count).